The van der Waals surface area contributed by atoms with Crippen molar-refractivity contribution in [3.63, 3.8) is 0 Å². The predicted octanol–water partition coefficient (Wildman–Crippen LogP) is 3.13. The lowest BCUT2D eigenvalue weighted by Gasteiger charge is -1.89. The summed E-state index contributed by atoms with van der Waals surface area (Å²) in [6.45, 7) is 0. The summed E-state index contributed by atoms with van der Waals surface area (Å²) in [6, 6.07) is 0. The van der Waals surface area contributed by atoms with Crippen LogP contribution in [0.5, 0.6) is 0 Å². The monoisotopic (exact) mass is 142 g/mol. The van der Waals surface area contributed by atoms with Crippen LogP contribution in [0, 0.1) is 0 Å². The predicted molar refractivity (Wildman–Crippen MR) is 38.8 cm³/mol. The van der Waals surface area contributed by atoms with E-state index in [-0.39, 0.29) is 8.46 Å². The summed E-state index contributed by atoms with van der Waals surface area (Å²) < 4.78 is 10.3. The number of hydrogen-bond donors (Lipinski definition) is 0. The van der Waals surface area contributed by atoms with E-state index in [1.54, 1.807) is 0 Å². The van der Waals surface area contributed by atoms with Gasteiger partial charge in [0.1, 0.15) is 0 Å². The van der Waals surface area contributed by atoms with Crippen molar-refractivity contribution in [1.29, 1.82) is 0 Å². The molecule has 1 aliphatic rings. The molecule has 0 aromatic heterocycles. The molecule has 0 spiro atoms. The number of hydrogen-bond acceptors (Lipinski definition) is 1. The topological polar surface area (TPSA) is 17.1 Å². The first-order valence-electron chi connectivity index (χ1n) is 3.46. The van der Waals surface area contributed by atoms with Crippen molar-refractivity contribution in [2.24, 2.45) is 0 Å². The molecule has 0 N–H and O–H groups in total. The summed E-state index contributed by atoms with van der Waals surface area (Å²) in [5, 5.41) is 1.10. The Morgan fingerprint density at radius 3 is 3.00 bits per heavy atom. The Morgan fingerprint density at radius 1 is 1.33 bits per heavy atom. The van der Waals surface area contributed by atoms with Gasteiger partial charge in [0.25, 0.3) is 0 Å². The van der Waals surface area contributed by atoms with Gasteiger partial charge >= 0.3 is 0 Å². The first-order valence-corrected chi connectivity index (χ1v) is 4.27. The van der Waals surface area contributed by atoms with Crippen LogP contribution in [0.15, 0.2) is 11.4 Å². The lowest BCUT2D eigenvalue weighted by atomic mass is 10.2. The highest BCUT2D eigenvalue weighted by Crippen LogP contribution is 2.24. The summed E-state index contributed by atoms with van der Waals surface area (Å²) in [5.74, 6) is 0. The summed E-state index contributed by atoms with van der Waals surface area (Å²) in [4.78, 5) is 0. The first-order chi connectivity index (χ1) is 4.43. The van der Waals surface area contributed by atoms with Gasteiger partial charge in [0.2, 0.25) is 0 Å². The van der Waals surface area contributed by atoms with E-state index in [4.69, 9.17) is 0 Å². The Labute approximate surface area is 57.4 Å². The third kappa shape index (κ3) is 2.28. The highest BCUT2D eigenvalue weighted by atomic mass is 31.1. The zero-order chi connectivity index (χ0) is 6.53. The second-order valence-electron chi connectivity index (χ2n) is 2.39. The molecule has 9 heavy (non-hydrogen) atoms. The zero-order valence-corrected chi connectivity index (χ0v) is 6.36. The minimum absolute atomic E-state index is 0.242. The van der Waals surface area contributed by atoms with Crippen molar-refractivity contribution >= 4 is 8.46 Å². The molecule has 0 saturated carbocycles. The molecule has 0 saturated heterocycles. The van der Waals surface area contributed by atoms with Gasteiger partial charge in [-0.15, -0.1) is 0 Å². The molecule has 0 atom stereocenters. The van der Waals surface area contributed by atoms with E-state index in [9.17, 15) is 4.57 Å². The van der Waals surface area contributed by atoms with Gasteiger partial charge in [-0.2, -0.15) is 0 Å². The van der Waals surface area contributed by atoms with Crippen molar-refractivity contribution in [2.45, 2.75) is 32.1 Å². The first kappa shape index (κ1) is 6.95. The molecule has 0 unspecified atom stereocenters. The quantitative estimate of drug-likeness (QED) is 0.514. The van der Waals surface area contributed by atoms with Crippen LogP contribution in [-0.2, 0) is 4.57 Å². The molecule has 50 valence electrons. The van der Waals surface area contributed by atoms with Crippen LogP contribution < -0.4 is 0 Å². The maximum absolute atomic E-state index is 10.3. The maximum atomic E-state index is 10.3. The Hall–Kier alpha value is -0.160. The normalized spacial score (nSPS) is 21.1. The van der Waals surface area contributed by atoms with Gasteiger partial charge in [-0.25, -0.2) is 0 Å². The van der Waals surface area contributed by atoms with Crippen LogP contribution >= 0.6 is 8.46 Å². The Balaban J connectivity index is 2.46. The van der Waals surface area contributed by atoms with Gasteiger partial charge in [-0.1, -0.05) is 12.5 Å². The Morgan fingerprint density at radius 2 is 2.22 bits per heavy atom. The second kappa shape index (κ2) is 3.79. The lowest BCUT2D eigenvalue weighted by Crippen LogP contribution is -1.69. The van der Waals surface area contributed by atoms with E-state index in [2.05, 4.69) is 6.08 Å². The van der Waals surface area contributed by atoms with Gasteiger partial charge < -0.3 is 0 Å². The van der Waals surface area contributed by atoms with E-state index in [1.165, 1.54) is 19.3 Å². The highest BCUT2D eigenvalue weighted by Gasteiger charge is 2.00. The van der Waals surface area contributed by atoms with Crippen molar-refractivity contribution < 1.29 is 4.57 Å². The van der Waals surface area contributed by atoms with Gasteiger partial charge in [0.15, 0.2) is 8.46 Å². The van der Waals surface area contributed by atoms with E-state index in [0.29, 0.717) is 0 Å². The molecule has 2 heteroatoms. The highest BCUT2D eigenvalue weighted by molar-refractivity contribution is 7.29. The van der Waals surface area contributed by atoms with Gasteiger partial charge in [0, 0.05) is 5.31 Å². The largest absolute Gasteiger partial charge is 0.270 e. The third-order valence-electron chi connectivity index (χ3n) is 1.63. The Bertz CT molecular complexity index is 129. The molecule has 0 aliphatic heterocycles. The molecule has 0 bridgehead atoms. The van der Waals surface area contributed by atoms with Crippen LogP contribution in [-0.4, -0.2) is 0 Å². The number of allylic oxidation sites excluding steroid dienone is 2. The van der Waals surface area contributed by atoms with Crippen LogP contribution in [0.4, 0.5) is 0 Å². The molecule has 0 amide bonds. The van der Waals surface area contributed by atoms with E-state index >= 15 is 0 Å². The fourth-order valence-corrected chi connectivity index (χ4v) is 1.53. The summed E-state index contributed by atoms with van der Waals surface area (Å²) in [5.41, 5.74) is 0. The average molecular weight is 142 g/mol. The maximum Gasteiger partial charge on any atom is 0.187 e. The third-order valence-corrected chi connectivity index (χ3v) is 2.27. The van der Waals surface area contributed by atoms with Crippen molar-refractivity contribution in [2.75, 3.05) is 0 Å². The molecule has 1 nitrogen and oxygen atoms in total. The second-order valence-corrected chi connectivity index (χ2v) is 3.14. The Kier molecular flexibility index (Phi) is 2.93. The smallest absolute Gasteiger partial charge is 0.187 e. The van der Waals surface area contributed by atoms with Crippen molar-refractivity contribution in [1.82, 2.24) is 0 Å². The number of rotatable bonds is 1. The molecule has 0 aromatic carbocycles. The summed E-state index contributed by atoms with van der Waals surface area (Å²) >= 11 is 0. The average Bonchev–Trinajstić information content (AvgIpc) is 2.13. The summed E-state index contributed by atoms with van der Waals surface area (Å²) in [7, 11) is 0.242. The lowest BCUT2D eigenvalue weighted by molar-refractivity contribution is 0.600. The van der Waals surface area contributed by atoms with E-state index < -0.39 is 0 Å². The molecule has 0 heterocycles. The molecule has 0 fully saturated rings. The van der Waals surface area contributed by atoms with Gasteiger partial charge in [0.05, 0.1) is 0 Å². The fourth-order valence-electron chi connectivity index (χ4n) is 1.08. The zero-order valence-electron chi connectivity index (χ0n) is 5.47. The molecular weight excluding hydrogens is 131 g/mol. The van der Waals surface area contributed by atoms with Gasteiger partial charge in [-0.05, 0) is 25.7 Å². The molecular formula is C7H11OP. The van der Waals surface area contributed by atoms with Crippen molar-refractivity contribution in [3.8, 4) is 0 Å². The van der Waals surface area contributed by atoms with Crippen LogP contribution in [0.1, 0.15) is 32.1 Å². The SMILES string of the molecule is O=PC1=CCCCCC1. The van der Waals surface area contributed by atoms with Gasteiger partial charge in [-0.3, -0.25) is 4.57 Å². The van der Waals surface area contributed by atoms with E-state index in [1.807, 2.05) is 0 Å². The molecule has 0 radical (unpaired) electrons. The van der Waals surface area contributed by atoms with Crippen LogP contribution in [0.2, 0.25) is 0 Å². The molecule has 0 aromatic rings. The molecule has 1 aliphatic carbocycles. The fraction of sp³-hybridized carbons (Fsp3) is 0.714. The standard InChI is InChI=1S/C7H11OP/c8-9-7-5-3-1-2-4-6-7/h5H,1-4,6H2. The molecule has 1 rings (SSSR count). The minimum atomic E-state index is 0.242. The minimum Gasteiger partial charge on any atom is -0.270 e. The van der Waals surface area contributed by atoms with Crippen LogP contribution in [0.25, 0.3) is 0 Å². The van der Waals surface area contributed by atoms with Crippen molar-refractivity contribution in [3.05, 3.63) is 11.4 Å². The summed E-state index contributed by atoms with van der Waals surface area (Å²) in [6.07, 6.45) is 8.09. The van der Waals surface area contributed by atoms with E-state index in [0.717, 1.165) is 18.2 Å². The van der Waals surface area contributed by atoms with Crippen LogP contribution in [0.3, 0.4) is 0 Å².